The van der Waals surface area contributed by atoms with Gasteiger partial charge in [-0.2, -0.15) is 0 Å². The summed E-state index contributed by atoms with van der Waals surface area (Å²) in [6.07, 6.45) is 0.292. The molecule has 0 bridgehead atoms. The second-order valence-corrected chi connectivity index (χ2v) is 7.86. The summed E-state index contributed by atoms with van der Waals surface area (Å²) >= 11 is 3.10. The van der Waals surface area contributed by atoms with Gasteiger partial charge in [-0.1, -0.05) is 30.4 Å². The first-order valence-electron chi connectivity index (χ1n) is 8.09. The van der Waals surface area contributed by atoms with E-state index in [1.165, 1.54) is 23.3 Å². The summed E-state index contributed by atoms with van der Waals surface area (Å²) in [5.41, 5.74) is 2.16. The fraction of sp³-hybridized carbons (Fsp3) is 0.211. The molecule has 0 aliphatic carbocycles. The van der Waals surface area contributed by atoms with E-state index in [0.29, 0.717) is 17.1 Å². The van der Waals surface area contributed by atoms with Crippen LogP contribution in [0.2, 0.25) is 0 Å². The van der Waals surface area contributed by atoms with Gasteiger partial charge in [0, 0.05) is 4.90 Å². The van der Waals surface area contributed by atoms with E-state index in [0.717, 1.165) is 21.5 Å². The maximum atomic E-state index is 12.3. The van der Waals surface area contributed by atoms with Crippen LogP contribution in [0, 0.1) is 0 Å². The summed E-state index contributed by atoms with van der Waals surface area (Å²) in [5, 5.41) is 3.35. The standard InChI is InChI=1S/C19H18N2O3S2/c1-3-25-14-7-4-12(5-8-14)10-17(22)21-19-20-15-9-6-13(18(23)24-2)11-16(15)26-19/h4-9,11H,3,10H2,1-2H3,(H,20,21,22). The van der Waals surface area contributed by atoms with Crippen molar-refractivity contribution in [3.63, 3.8) is 0 Å². The molecule has 134 valence electrons. The van der Waals surface area contributed by atoms with Gasteiger partial charge in [0.2, 0.25) is 5.91 Å². The molecule has 0 aliphatic heterocycles. The second-order valence-electron chi connectivity index (χ2n) is 5.50. The number of hydrogen-bond acceptors (Lipinski definition) is 6. The highest BCUT2D eigenvalue weighted by Gasteiger charge is 2.12. The van der Waals surface area contributed by atoms with Gasteiger partial charge in [0.05, 0.1) is 29.3 Å². The van der Waals surface area contributed by atoms with Crippen LogP contribution in [0.1, 0.15) is 22.8 Å². The van der Waals surface area contributed by atoms with Crippen LogP contribution >= 0.6 is 23.1 Å². The molecule has 7 heteroatoms. The first kappa shape index (κ1) is 18.4. The van der Waals surface area contributed by atoms with Gasteiger partial charge >= 0.3 is 5.97 Å². The molecule has 5 nitrogen and oxygen atoms in total. The summed E-state index contributed by atoms with van der Waals surface area (Å²) in [6, 6.07) is 13.1. The molecule has 2 aromatic carbocycles. The van der Waals surface area contributed by atoms with Crippen LogP contribution in [0.25, 0.3) is 10.2 Å². The Kier molecular flexibility index (Phi) is 5.90. The molecule has 0 fully saturated rings. The van der Waals surface area contributed by atoms with Gasteiger partial charge in [-0.05, 0) is 41.6 Å². The van der Waals surface area contributed by atoms with Gasteiger partial charge in [-0.3, -0.25) is 4.79 Å². The van der Waals surface area contributed by atoms with Gasteiger partial charge < -0.3 is 10.1 Å². The number of aromatic nitrogens is 1. The Morgan fingerprint density at radius 2 is 1.96 bits per heavy atom. The normalized spacial score (nSPS) is 10.7. The minimum Gasteiger partial charge on any atom is -0.465 e. The van der Waals surface area contributed by atoms with Crippen molar-refractivity contribution in [2.75, 3.05) is 18.2 Å². The molecule has 26 heavy (non-hydrogen) atoms. The lowest BCUT2D eigenvalue weighted by molar-refractivity contribution is -0.115. The Labute approximate surface area is 159 Å². The third kappa shape index (κ3) is 4.42. The molecule has 3 rings (SSSR count). The van der Waals surface area contributed by atoms with Gasteiger partial charge in [0.15, 0.2) is 5.13 Å². The number of methoxy groups -OCH3 is 1. The molecular formula is C19H18N2O3S2. The SMILES string of the molecule is CCSc1ccc(CC(=O)Nc2nc3ccc(C(=O)OC)cc3s2)cc1. The fourth-order valence-electron chi connectivity index (χ4n) is 2.44. The third-order valence-corrected chi connectivity index (χ3v) is 5.48. The number of anilines is 1. The van der Waals surface area contributed by atoms with Crippen molar-refractivity contribution in [1.29, 1.82) is 0 Å². The summed E-state index contributed by atoms with van der Waals surface area (Å²) in [5.74, 6) is 0.512. The van der Waals surface area contributed by atoms with Crippen LogP contribution in [-0.4, -0.2) is 29.7 Å². The van der Waals surface area contributed by atoms with Gasteiger partial charge in [0.1, 0.15) is 0 Å². The predicted molar refractivity (Wildman–Crippen MR) is 106 cm³/mol. The zero-order chi connectivity index (χ0) is 18.5. The lowest BCUT2D eigenvalue weighted by Gasteiger charge is -2.03. The van der Waals surface area contributed by atoms with E-state index in [4.69, 9.17) is 4.74 Å². The van der Waals surface area contributed by atoms with E-state index in [1.807, 2.05) is 24.3 Å². The number of rotatable bonds is 6. The topological polar surface area (TPSA) is 68.3 Å². The summed E-state index contributed by atoms with van der Waals surface area (Å²) in [4.78, 5) is 29.5. The Bertz CT molecular complexity index is 936. The second kappa shape index (κ2) is 8.33. The Hall–Kier alpha value is -2.38. The average molecular weight is 386 g/mol. The first-order chi connectivity index (χ1) is 12.6. The smallest absolute Gasteiger partial charge is 0.337 e. The molecule has 0 saturated carbocycles. The zero-order valence-electron chi connectivity index (χ0n) is 14.4. The third-order valence-electron chi connectivity index (χ3n) is 3.65. The number of carbonyl (C=O) groups excluding carboxylic acids is 2. The largest absolute Gasteiger partial charge is 0.465 e. The van der Waals surface area contributed by atoms with Gasteiger partial charge in [0.25, 0.3) is 0 Å². The maximum absolute atomic E-state index is 12.3. The molecule has 0 unspecified atom stereocenters. The number of ether oxygens (including phenoxy) is 1. The molecule has 1 N–H and O–H groups in total. The van der Waals surface area contributed by atoms with Crippen molar-refractivity contribution in [1.82, 2.24) is 4.98 Å². The average Bonchev–Trinajstić information content (AvgIpc) is 3.04. The van der Waals surface area contributed by atoms with Crippen molar-refractivity contribution in [2.24, 2.45) is 0 Å². The number of esters is 1. The van der Waals surface area contributed by atoms with E-state index < -0.39 is 5.97 Å². The zero-order valence-corrected chi connectivity index (χ0v) is 16.1. The monoisotopic (exact) mass is 386 g/mol. The number of fused-ring (bicyclic) bond motifs is 1. The van der Waals surface area contributed by atoms with Gasteiger partial charge in [-0.25, -0.2) is 9.78 Å². The van der Waals surface area contributed by atoms with E-state index in [-0.39, 0.29) is 5.91 Å². The Balaban J connectivity index is 1.67. The molecule has 0 spiro atoms. The highest BCUT2D eigenvalue weighted by molar-refractivity contribution is 7.99. The van der Waals surface area contributed by atoms with E-state index in [1.54, 1.807) is 30.0 Å². The highest BCUT2D eigenvalue weighted by atomic mass is 32.2. The summed E-state index contributed by atoms with van der Waals surface area (Å²) in [6.45, 7) is 2.11. The van der Waals surface area contributed by atoms with Crippen LogP contribution in [-0.2, 0) is 16.0 Å². The van der Waals surface area contributed by atoms with Gasteiger partial charge in [-0.15, -0.1) is 11.8 Å². The number of hydrogen-bond donors (Lipinski definition) is 1. The molecule has 3 aromatic rings. The quantitative estimate of drug-likeness (QED) is 0.503. The van der Waals surface area contributed by atoms with E-state index >= 15 is 0 Å². The van der Waals surface area contributed by atoms with Crippen LogP contribution < -0.4 is 5.32 Å². The molecule has 1 heterocycles. The molecule has 0 aliphatic rings. The number of benzene rings is 2. The highest BCUT2D eigenvalue weighted by Crippen LogP contribution is 2.27. The van der Waals surface area contributed by atoms with E-state index in [2.05, 4.69) is 17.2 Å². The molecule has 0 radical (unpaired) electrons. The van der Waals surface area contributed by atoms with Crippen molar-refractivity contribution >= 4 is 50.3 Å². The minimum atomic E-state index is -0.393. The maximum Gasteiger partial charge on any atom is 0.337 e. The molecular weight excluding hydrogens is 368 g/mol. The first-order valence-corrected chi connectivity index (χ1v) is 9.89. The Morgan fingerprint density at radius 3 is 2.65 bits per heavy atom. The van der Waals surface area contributed by atoms with E-state index in [9.17, 15) is 9.59 Å². The number of carbonyl (C=O) groups is 2. The fourth-order valence-corrected chi connectivity index (χ4v) is 4.03. The summed E-state index contributed by atoms with van der Waals surface area (Å²) in [7, 11) is 1.35. The van der Waals surface area contributed by atoms with Crippen LogP contribution in [0.3, 0.4) is 0 Å². The number of thiazole rings is 1. The van der Waals surface area contributed by atoms with Crippen LogP contribution in [0.4, 0.5) is 5.13 Å². The van der Waals surface area contributed by atoms with Crippen LogP contribution in [0.15, 0.2) is 47.4 Å². The van der Waals surface area contributed by atoms with Crippen LogP contribution in [0.5, 0.6) is 0 Å². The van der Waals surface area contributed by atoms with Crippen molar-refractivity contribution in [2.45, 2.75) is 18.2 Å². The molecule has 0 saturated heterocycles. The van der Waals surface area contributed by atoms with Crippen molar-refractivity contribution in [3.8, 4) is 0 Å². The van der Waals surface area contributed by atoms with Crippen molar-refractivity contribution in [3.05, 3.63) is 53.6 Å². The lowest BCUT2D eigenvalue weighted by Crippen LogP contribution is -2.14. The Morgan fingerprint density at radius 1 is 1.19 bits per heavy atom. The molecule has 0 atom stereocenters. The molecule has 1 amide bonds. The predicted octanol–water partition coefficient (Wildman–Crippen LogP) is 4.38. The molecule has 1 aromatic heterocycles. The van der Waals surface area contributed by atoms with Crippen molar-refractivity contribution < 1.29 is 14.3 Å². The minimum absolute atomic E-state index is 0.117. The number of thioether (sulfide) groups is 1. The number of amides is 1. The number of nitrogens with zero attached hydrogens (tertiary/aromatic N) is 1. The summed E-state index contributed by atoms with van der Waals surface area (Å²) < 4.78 is 5.54. The number of nitrogens with one attached hydrogen (secondary N) is 1. The lowest BCUT2D eigenvalue weighted by atomic mass is 10.1.